The number of ether oxygens (including phenoxy) is 1. The molecule has 0 bridgehead atoms. The van der Waals surface area contributed by atoms with Gasteiger partial charge >= 0.3 is 12.2 Å². The standard InChI is InChI=1S/C25H20F3N5O4S/c1-30-23(36)32-21-19(14-3-5-18(25(26,27)28)31-20(14)38-21)22(35)33-8-6-24(7-9-33)11-16(34)15-10-13(12-29)2-4-17(15)37-24/h2-5,10H,6-9,11H2,1H3,(H2,30,32,36). The molecule has 0 atom stereocenters. The molecule has 9 nitrogen and oxygen atoms in total. The fourth-order valence-electron chi connectivity index (χ4n) is 4.72. The lowest BCUT2D eigenvalue weighted by molar-refractivity contribution is -0.140. The summed E-state index contributed by atoms with van der Waals surface area (Å²) in [4.78, 5) is 43.6. The molecule has 1 aromatic carbocycles. The maximum absolute atomic E-state index is 13.6. The molecular weight excluding hydrogens is 523 g/mol. The molecule has 3 amide bonds. The number of fused-ring (bicyclic) bond motifs is 2. The number of aromatic nitrogens is 1. The molecule has 5 rings (SSSR count). The molecule has 0 saturated carbocycles. The fraction of sp³-hybridized carbons (Fsp3) is 0.320. The number of Topliss-reactive ketones (excluding diaryl/α,β-unsaturated/α-hetero) is 1. The van der Waals surface area contributed by atoms with E-state index >= 15 is 0 Å². The van der Waals surface area contributed by atoms with Gasteiger partial charge in [-0.2, -0.15) is 18.4 Å². The van der Waals surface area contributed by atoms with E-state index in [9.17, 15) is 27.6 Å². The molecule has 0 unspecified atom stereocenters. The highest BCUT2D eigenvalue weighted by Gasteiger charge is 2.44. The van der Waals surface area contributed by atoms with E-state index < -0.39 is 29.4 Å². The first-order valence-electron chi connectivity index (χ1n) is 11.6. The van der Waals surface area contributed by atoms with Crippen molar-refractivity contribution in [3.63, 3.8) is 0 Å². The van der Waals surface area contributed by atoms with Crippen LogP contribution in [0.3, 0.4) is 0 Å². The fourth-order valence-corrected chi connectivity index (χ4v) is 5.78. The molecular formula is C25H20F3N5O4S. The van der Waals surface area contributed by atoms with Crippen LogP contribution in [-0.4, -0.2) is 53.3 Å². The van der Waals surface area contributed by atoms with Crippen molar-refractivity contribution in [2.45, 2.75) is 31.0 Å². The number of hydrogen-bond donors (Lipinski definition) is 2. The summed E-state index contributed by atoms with van der Waals surface area (Å²) in [7, 11) is 1.37. The van der Waals surface area contributed by atoms with E-state index in [1.807, 2.05) is 6.07 Å². The van der Waals surface area contributed by atoms with Crippen molar-refractivity contribution in [2.75, 3.05) is 25.5 Å². The summed E-state index contributed by atoms with van der Waals surface area (Å²) in [6.07, 6.45) is -3.86. The van der Waals surface area contributed by atoms with Crippen LogP contribution in [0.1, 0.15) is 51.2 Å². The number of benzene rings is 1. The van der Waals surface area contributed by atoms with E-state index in [4.69, 9.17) is 10.00 Å². The number of carbonyl (C=O) groups is 3. The Labute approximate surface area is 218 Å². The Kier molecular flexibility index (Phi) is 6.22. The lowest BCUT2D eigenvalue weighted by Crippen LogP contribution is -2.52. The van der Waals surface area contributed by atoms with Gasteiger partial charge in [-0.25, -0.2) is 9.78 Å². The SMILES string of the molecule is CNC(=O)Nc1sc2nc(C(F)(F)F)ccc2c1C(=O)N1CCC2(CC1)CC(=O)c1cc(C#N)ccc1O2. The summed E-state index contributed by atoms with van der Waals surface area (Å²) in [6.45, 7) is 0.449. The van der Waals surface area contributed by atoms with Crippen molar-refractivity contribution in [3.05, 3.63) is 52.7 Å². The third-order valence-electron chi connectivity index (χ3n) is 6.69. The van der Waals surface area contributed by atoms with Crippen LogP contribution in [0.15, 0.2) is 30.3 Å². The number of urea groups is 1. The molecule has 2 aliphatic rings. The Hall–Kier alpha value is -4.18. The first-order chi connectivity index (χ1) is 18.0. The van der Waals surface area contributed by atoms with Gasteiger partial charge < -0.3 is 15.0 Å². The minimum Gasteiger partial charge on any atom is -0.486 e. The molecule has 1 saturated heterocycles. The highest BCUT2D eigenvalue weighted by Crippen LogP contribution is 2.42. The number of nitrogens with zero attached hydrogens (tertiary/aromatic N) is 3. The van der Waals surface area contributed by atoms with Crippen molar-refractivity contribution in [3.8, 4) is 11.8 Å². The number of amides is 3. The smallest absolute Gasteiger partial charge is 0.433 e. The Morgan fingerprint density at radius 3 is 2.61 bits per heavy atom. The average Bonchev–Trinajstić information content (AvgIpc) is 3.25. The van der Waals surface area contributed by atoms with Crippen molar-refractivity contribution in [1.82, 2.24) is 15.2 Å². The number of pyridine rings is 1. The van der Waals surface area contributed by atoms with Crippen LogP contribution in [-0.2, 0) is 6.18 Å². The van der Waals surface area contributed by atoms with E-state index in [0.29, 0.717) is 29.7 Å². The zero-order valence-electron chi connectivity index (χ0n) is 19.9. The van der Waals surface area contributed by atoms with E-state index in [-0.39, 0.29) is 46.1 Å². The lowest BCUT2D eigenvalue weighted by atomic mass is 9.82. The van der Waals surface area contributed by atoms with Gasteiger partial charge in [0, 0.05) is 38.4 Å². The molecule has 2 N–H and O–H groups in total. The van der Waals surface area contributed by atoms with Crippen LogP contribution >= 0.6 is 11.3 Å². The average molecular weight is 544 g/mol. The minimum atomic E-state index is -4.66. The first-order valence-corrected chi connectivity index (χ1v) is 12.4. The summed E-state index contributed by atoms with van der Waals surface area (Å²) in [5.74, 6) is -0.219. The van der Waals surface area contributed by atoms with Crippen molar-refractivity contribution < 1.29 is 32.3 Å². The predicted molar refractivity (Wildman–Crippen MR) is 131 cm³/mol. The van der Waals surface area contributed by atoms with Gasteiger partial charge in [0.1, 0.15) is 26.9 Å². The monoisotopic (exact) mass is 543 g/mol. The van der Waals surface area contributed by atoms with Crippen molar-refractivity contribution in [1.29, 1.82) is 5.26 Å². The number of rotatable bonds is 2. The number of piperidine rings is 1. The second-order valence-corrected chi connectivity index (χ2v) is 10.1. The predicted octanol–water partition coefficient (Wildman–Crippen LogP) is 4.58. The maximum atomic E-state index is 13.6. The third kappa shape index (κ3) is 4.51. The second-order valence-electron chi connectivity index (χ2n) is 9.06. The van der Waals surface area contributed by atoms with Crippen LogP contribution in [0.5, 0.6) is 5.75 Å². The van der Waals surface area contributed by atoms with Crippen molar-refractivity contribution in [2.24, 2.45) is 0 Å². The molecule has 13 heteroatoms. The number of halogens is 3. The second kappa shape index (κ2) is 9.29. The van der Waals surface area contributed by atoms with Gasteiger partial charge in [0.2, 0.25) is 0 Å². The molecule has 3 aromatic rings. The molecule has 1 spiro atoms. The van der Waals surface area contributed by atoms with Gasteiger partial charge in [-0.1, -0.05) is 11.3 Å². The quantitative estimate of drug-likeness (QED) is 0.488. The molecule has 2 aromatic heterocycles. The van der Waals surface area contributed by atoms with E-state index in [0.717, 1.165) is 17.4 Å². The maximum Gasteiger partial charge on any atom is 0.433 e. The Morgan fingerprint density at radius 2 is 1.95 bits per heavy atom. The van der Waals surface area contributed by atoms with Crippen LogP contribution in [0, 0.1) is 11.3 Å². The van der Waals surface area contributed by atoms with Gasteiger partial charge in [0.25, 0.3) is 5.91 Å². The van der Waals surface area contributed by atoms with Crippen molar-refractivity contribution >= 4 is 44.3 Å². The Morgan fingerprint density at radius 1 is 1.21 bits per heavy atom. The van der Waals surface area contributed by atoms with E-state index in [1.165, 1.54) is 24.1 Å². The number of nitrogens with one attached hydrogen (secondary N) is 2. The number of alkyl halides is 3. The topological polar surface area (TPSA) is 124 Å². The highest BCUT2D eigenvalue weighted by atomic mass is 32.1. The van der Waals surface area contributed by atoms with Crippen LogP contribution in [0.2, 0.25) is 0 Å². The molecule has 1 fully saturated rings. The zero-order chi connectivity index (χ0) is 27.2. The summed E-state index contributed by atoms with van der Waals surface area (Å²) < 4.78 is 45.8. The molecule has 38 heavy (non-hydrogen) atoms. The van der Waals surface area contributed by atoms with E-state index in [1.54, 1.807) is 12.1 Å². The molecule has 4 heterocycles. The Balaban J connectivity index is 1.41. The number of carbonyl (C=O) groups excluding carboxylic acids is 3. The summed E-state index contributed by atoms with van der Waals surface area (Å²) in [6, 6.07) is 8.03. The molecule has 196 valence electrons. The van der Waals surface area contributed by atoms with Gasteiger partial charge in [-0.3, -0.25) is 14.9 Å². The largest absolute Gasteiger partial charge is 0.486 e. The first kappa shape index (κ1) is 25.5. The molecule has 0 radical (unpaired) electrons. The molecule has 2 aliphatic heterocycles. The number of likely N-dealkylation sites (tertiary alicyclic amines) is 1. The van der Waals surface area contributed by atoms with Gasteiger partial charge in [-0.15, -0.1) is 0 Å². The van der Waals surface area contributed by atoms with Gasteiger partial charge in [-0.05, 0) is 30.3 Å². The lowest BCUT2D eigenvalue weighted by Gasteiger charge is -2.44. The number of ketones is 1. The number of hydrogen-bond acceptors (Lipinski definition) is 7. The normalized spacial score (nSPS) is 16.5. The number of thiophene rings is 1. The summed E-state index contributed by atoms with van der Waals surface area (Å²) in [5, 5.41) is 14.3. The number of nitriles is 1. The van der Waals surface area contributed by atoms with Gasteiger partial charge in [0.05, 0.1) is 29.2 Å². The number of anilines is 1. The molecule has 0 aliphatic carbocycles. The van der Waals surface area contributed by atoms with Crippen LogP contribution in [0.25, 0.3) is 10.2 Å². The van der Waals surface area contributed by atoms with Crippen LogP contribution in [0.4, 0.5) is 23.0 Å². The van der Waals surface area contributed by atoms with E-state index in [2.05, 4.69) is 15.6 Å². The highest BCUT2D eigenvalue weighted by molar-refractivity contribution is 7.23. The minimum absolute atomic E-state index is 0.0300. The summed E-state index contributed by atoms with van der Waals surface area (Å²) in [5.41, 5.74) is -1.14. The van der Waals surface area contributed by atoms with Gasteiger partial charge in [0.15, 0.2) is 5.78 Å². The Bertz CT molecular complexity index is 1520. The zero-order valence-corrected chi connectivity index (χ0v) is 20.8. The summed E-state index contributed by atoms with van der Waals surface area (Å²) >= 11 is 0.784. The van der Waals surface area contributed by atoms with Crippen LogP contribution < -0.4 is 15.4 Å². The third-order valence-corrected chi connectivity index (χ3v) is 7.71.